The highest BCUT2D eigenvalue weighted by Gasteiger charge is 2.29. The van der Waals surface area contributed by atoms with Gasteiger partial charge in [0.05, 0.1) is 18.1 Å². The molecule has 0 spiro atoms. The molecule has 6 nitrogen and oxygen atoms in total. The summed E-state index contributed by atoms with van der Waals surface area (Å²) in [6.45, 7) is 0.623. The minimum absolute atomic E-state index is 0.0119. The molecule has 1 fully saturated rings. The second kappa shape index (κ2) is 5.55. The first kappa shape index (κ1) is 13.6. The number of hydrogen-bond donors (Lipinski definition) is 2. The Labute approximate surface area is 121 Å². The van der Waals surface area contributed by atoms with E-state index in [1.165, 1.54) is 0 Å². The molecule has 0 bridgehead atoms. The summed E-state index contributed by atoms with van der Waals surface area (Å²) >= 11 is 0. The fourth-order valence-corrected chi connectivity index (χ4v) is 2.92. The van der Waals surface area contributed by atoms with Gasteiger partial charge in [-0.25, -0.2) is 0 Å². The minimum atomic E-state index is -0.858. The van der Waals surface area contributed by atoms with E-state index in [1.54, 1.807) is 23.2 Å². The van der Waals surface area contributed by atoms with Crippen LogP contribution in [-0.4, -0.2) is 44.7 Å². The highest BCUT2D eigenvalue weighted by atomic mass is 16.4. The smallest absolute Gasteiger partial charge is 0.305 e. The van der Waals surface area contributed by atoms with E-state index < -0.39 is 5.97 Å². The molecule has 6 heteroatoms. The number of carboxylic acid groups (broad SMARTS) is 1. The minimum Gasteiger partial charge on any atom is -0.481 e. The standard InChI is InChI=1S/C15H17N3O3/c19-14(20)8-12-3-1-2-6-18(12)15(21)10-4-5-11-9-16-17-13(11)7-10/h4-5,7,9,12H,1-3,6,8H2,(H,16,17)(H,19,20). The Hall–Kier alpha value is -2.37. The zero-order chi connectivity index (χ0) is 14.8. The van der Waals surface area contributed by atoms with Gasteiger partial charge in [-0.05, 0) is 31.4 Å². The molecular weight excluding hydrogens is 270 g/mol. The summed E-state index contributed by atoms with van der Waals surface area (Å²) in [6.07, 6.45) is 4.37. The van der Waals surface area contributed by atoms with Gasteiger partial charge in [0, 0.05) is 23.5 Å². The van der Waals surface area contributed by atoms with Gasteiger partial charge >= 0.3 is 5.97 Å². The van der Waals surface area contributed by atoms with E-state index in [0.29, 0.717) is 12.1 Å². The summed E-state index contributed by atoms with van der Waals surface area (Å²) < 4.78 is 0. The third kappa shape index (κ3) is 2.74. The van der Waals surface area contributed by atoms with Crippen LogP contribution in [0.25, 0.3) is 10.9 Å². The zero-order valence-electron chi connectivity index (χ0n) is 11.6. The Morgan fingerprint density at radius 1 is 1.38 bits per heavy atom. The van der Waals surface area contributed by atoms with Crippen molar-refractivity contribution in [3.63, 3.8) is 0 Å². The van der Waals surface area contributed by atoms with Crippen molar-refractivity contribution < 1.29 is 14.7 Å². The number of nitrogens with zero attached hydrogens (tertiary/aromatic N) is 2. The predicted octanol–water partition coefficient (Wildman–Crippen LogP) is 2.03. The topological polar surface area (TPSA) is 86.3 Å². The molecule has 3 rings (SSSR count). The average molecular weight is 287 g/mol. The lowest BCUT2D eigenvalue weighted by molar-refractivity contribution is -0.138. The average Bonchev–Trinajstić information content (AvgIpc) is 2.94. The SMILES string of the molecule is O=C(O)CC1CCCCN1C(=O)c1ccc2cn[nH]c2c1. The highest BCUT2D eigenvalue weighted by molar-refractivity contribution is 5.98. The lowest BCUT2D eigenvalue weighted by Crippen LogP contribution is -2.44. The van der Waals surface area contributed by atoms with Gasteiger partial charge in [0.1, 0.15) is 0 Å². The maximum atomic E-state index is 12.7. The second-order valence-electron chi connectivity index (χ2n) is 5.42. The normalized spacial score (nSPS) is 18.9. The van der Waals surface area contributed by atoms with Gasteiger partial charge in [0.25, 0.3) is 5.91 Å². The number of amides is 1. The van der Waals surface area contributed by atoms with Gasteiger partial charge < -0.3 is 10.0 Å². The quantitative estimate of drug-likeness (QED) is 0.904. The number of nitrogens with one attached hydrogen (secondary N) is 1. The first-order valence-corrected chi connectivity index (χ1v) is 7.11. The molecule has 2 aromatic rings. The van der Waals surface area contributed by atoms with Crippen LogP contribution in [0.2, 0.25) is 0 Å². The van der Waals surface area contributed by atoms with Gasteiger partial charge in [0.15, 0.2) is 0 Å². The van der Waals surface area contributed by atoms with Crippen molar-refractivity contribution >= 4 is 22.8 Å². The van der Waals surface area contributed by atoms with Crippen LogP contribution in [0, 0.1) is 0 Å². The molecule has 2 heterocycles. The first-order chi connectivity index (χ1) is 10.1. The van der Waals surface area contributed by atoms with Crippen LogP contribution in [0.15, 0.2) is 24.4 Å². The largest absolute Gasteiger partial charge is 0.481 e. The fraction of sp³-hybridized carbons (Fsp3) is 0.400. The third-order valence-corrected chi connectivity index (χ3v) is 3.99. The summed E-state index contributed by atoms with van der Waals surface area (Å²) in [5.74, 6) is -0.957. The number of aliphatic carboxylic acids is 1. The van der Waals surface area contributed by atoms with Crippen molar-refractivity contribution in [1.29, 1.82) is 0 Å². The molecule has 1 aromatic carbocycles. The van der Waals surface area contributed by atoms with E-state index >= 15 is 0 Å². The fourth-order valence-electron chi connectivity index (χ4n) is 2.92. The van der Waals surface area contributed by atoms with Crippen LogP contribution >= 0.6 is 0 Å². The zero-order valence-corrected chi connectivity index (χ0v) is 11.6. The van der Waals surface area contributed by atoms with Crippen molar-refractivity contribution in [3.05, 3.63) is 30.0 Å². The Bertz CT molecular complexity index is 680. The van der Waals surface area contributed by atoms with E-state index in [1.807, 2.05) is 6.07 Å². The number of carbonyl (C=O) groups excluding carboxylic acids is 1. The van der Waals surface area contributed by atoms with Crippen molar-refractivity contribution in [1.82, 2.24) is 15.1 Å². The number of rotatable bonds is 3. The van der Waals surface area contributed by atoms with Crippen molar-refractivity contribution in [2.75, 3.05) is 6.54 Å². The number of likely N-dealkylation sites (tertiary alicyclic amines) is 1. The Balaban J connectivity index is 1.85. The van der Waals surface area contributed by atoms with Crippen molar-refractivity contribution in [2.45, 2.75) is 31.7 Å². The van der Waals surface area contributed by atoms with Crippen LogP contribution in [0.4, 0.5) is 0 Å². The van der Waals surface area contributed by atoms with Gasteiger partial charge in [-0.15, -0.1) is 0 Å². The number of piperidine rings is 1. The van der Waals surface area contributed by atoms with Crippen molar-refractivity contribution in [2.24, 2.45) is 0 Å². The molecule has 1 aliphatic rings. The Morgan fingerprint density at radius 3 is 3.05 bits per heavy atom. The second-order valence-corrected chi connectivity index (χ2v) is 5.42. The summed E-state index contributed by atoms with van der Waals surface area (Å²) in [5, 5.41) is 16.7. The molecule has 1 saturated heterocycles. The molecule has 1 unspecified atom stereocenters. The number of carbonyl (C=O) groups is 2. The Morgan fingerprint density at radius 2 is 2.24 bits per heavy atom. The first-order valence-electron chi connectivity index (χ1n) is 7.11. The highest BCUT2D eigenvalue weighted by Crippen LogP contribution is 2.23. The van der Waals surface area contributed by atoms with Gasteiger partial charge in [-0.2, -0.15) is 5.10 Å². The molecular formula is C15H17N3O3. The summed E-state index contributed by atoms with van der Waals surface area (Å²) in [7, 11) is 0. The third-order valence-electron chi connectivity index (χ3n) is 3.99. The summed E-state index contributed by atoms with van der Waals surface area (Å²) in [6, 6.07) is 5.19. The number of carboxylic acids is 1. The molecule has 0 radical (unpaired) electrons. The molecule has 1 aliphatic heterocycles. The molecule has 1 amide bonds. The lowest BCUT2D eigenvalue weighted by atomic mass is 9.98. The lowest BCUT2D eigenvalue weighted by Gasteiger charge is -2.35. The van der Waals surface area contributed by atoms with E-state index in [9.17, 15) is 9.59 Å². The number of fused-ring (bicyclic) bond motifs is 1. The Kier molecular flexibility index (Phi) is 3.60. The van der Waals surface area contributed by atoms with Crippen molar-refractivity contribution in [3.8, 4) is 0 Å². The van der Waals surface area contributed by atoms with E-state index in [4.69, 9.17) is 5.11 Å². The monoisotopic (exact) mass is 287 g/mol. The maximum absolute atomic E-state index is 12.7. The van der Waals surface area contributed by atoms with Gasteiger partial charge in [-0.3, -0.25) is 14.7 Å². The maximum Gasteiger partial charge on any atom is 0.305 e. The molecule has 110 valence electrons. The van der Waals surface area contributed by atoms with Crippen LogP contribution in [0.3, 0.4) is 0 Å². The number of aromatic nitrogens is 2. The molecule has 0 saturated carbocycles. The summed E-state index contributed by atoms with van der Waals surface area (Å²) in [5.41, 5.74) is 1.39. The van der Waals surface area contributed by atoms with Crippen LogP contribution in [0.1, 0.15) is 36.0 Å². The predicted molar refractivity (Wildman–Crippen MR) is 77.0 cm³/mol. The molecule has 2 N–H and O–H groups in total. The van der Waals surface area contributed by atoms with E-state index in [2.05, 4.69) is 10.2 Å². The summed E-state index contributed by atoms with van der Waals surface area (Å²) in [4.78, 5) is 25.3. The van der Waals surface area contributed by atoms with E-state index in [-0.39, 0.29) is 18.4 Å². The van der Waals surface area contributed by atoms with Gasteiger partial charge in [0.2, 0.25) is 0 Å². The van der Waals surface area contributed by atoms with Gasteiger partial charge in [-0.1, -0.05) is 6.07 Å². The van der Waals surface area contributed by atoms with E-state index in [0.717, 1.165) is 30.2 Å². The molecule has 1 aromatic heterocycles. The molecule has 21 heavy (non-hydrogen) atoms. The number of aromatic amines is 1. The number of hydrogen-bond acceptors (Lipinski definition) is 3. The molecule has 0 aliphatic carbocycles. The van der Waals surface area contributed by atoms with Crippen LogP contribution in [0.5, 0.6) is 0 Å². The van der Waals surface area contributed by atoms with Crippen LogP contribution < -0.4 is 0 Å². The number of H-pyrrole nitrogens is 1. The number of benzene rings is 1. The van der Waals surface area contributed by atoms with Crippen LogP contribution in [-0.2, 0) is 4.79 Å². The molecule has 1 atom stereocenters.